The molecule has 12 heavy (non-hydrogen) atoms. The molecule has 0 saturated carbocycles. The topological polar surface area (TPSA) is 80.4 Å². The molecular weight excluding hydrogens is 202 g/mol. The Labute approximate surface area is 74.7 Å². The van der Waals surface area contributed by atoms with Gasteiger partial charge >= 0.3 is 0 Å². The van der Waals surface area contributed by atoms with Gasteiger partial charge < -0.3 is 5.73 Å². The quantitative estimate of drug-likeness (QED) is 0.535. The van der Waals surface area contributed by atoms with Crippen molar-refractivity contribution in [2.24, 2.45) is 0 Å². The Morgan fingerprint density at radius 3 is 2.33 bits per heavy atom. The summed E-state index contributed by atoms with van der Waals surface area (Å²) in [5, 5.41) is 0.169. The molecule has 66 valence electrons. The summed E-state index contributed by atoms with van der Waals surface area (Å²) >= 11 is 5.50. The molecule has 0 heterocycles. The standard InChI is InChI=1S/C6H6ClNO3S/c7-4-1-5(8)3-6(2-4)12(9,10)11/h1-3H,8H2,(H,9,10,11). The van der Waals surface area contributed by atoms with E-state index < -0.39 is 10.1 Å². The van der Waals surface area contributed by atoms with E-state index in [-0.39, 0.29) is 15.6 Å². The van der Waals surface area contributed by atoms with E-state index in [0.717, 1.165) is 12.1 Å². The van der Waals surface area contributed by atoms with Crippen LogP contribution in [0.3, 0.4) is 0 Å². The Morgan fingerprint density at radius 1 is 1.33 bits per heavy atom. The van der Waals surface area contributed by atoms with E-state index >= 15 is 0 Å². The van der Waals surface area contributed by atoms with Gasteiger partial charge in [0.25, 0.3) is 10.1 Å². The van der Waals surface area contributed by atoms with Gasteiger partial charge in [0.2, 0.25) is 0 Å². The number of anilines is 1. The van der Waals surface area contributed by atoms with Crippen molar-refractivity contribution in [3.8, 4) is 0 Å². The molecule has 1 aromatic rings. The third kappa shape index (κ3) is 2.10. The molecule has 0 aliphatic heterocycles. The first-order valence-electron chi connectivity index (χ1n) is 2.93. The molecule has 6 heteroatoms. The summed E-state index contributed by atoms with van der Waals surface area (Å²) in [6.07, 6.45) is 0. The van der Waals surface area contributed by atoms with Crippen molar-refractivity contribution in [1.82, 2.24) is 0 Å². The first-order chi connectivity index (χ1) is 5.39. The highest BCUT2D eigenvalue weighted by Crippen LogP contribution is 2.19. The molecule has 1 aromatic carbocycles. The second-order valence-electron chi connectivity index (χ2n) is 2.20. The molecule has 3 N–H and O–H groups in total. The third-order valence-electron chi connectivity index (χ3n) is 1.19. The van der Waals surface area contributed by atoms with Gasteiger partial charge in [0.1, 0.15) is 0 Å². The minimum absolute atomic E-state index is 0.169. The third-order valence-corrected chi connectivity index (χ3v) is 2.24. The fraction of sp³-hybridized carbons (Fsp3) is 0. The van der Waals surface area contributed by atoms with Crippen LogP contribution in [0.1, 0.15) is 0 Å². The van der Waals surface area contributed by atoms with E-state index in [1.807, 2.05) is 0 Å². The minimum atomic E-state index is -4.21. The lowest BCUT2D eigenvalue weighted by atomic mass is 10.3. The predicted octanol–water partition coefficient (Wildman–Crippen LogP) is 1.17. The average Bonchev–Trinajstić information content (AvgIpc) is 1.82. The zero-order valence-electron chi connectivity index (χ0n) is 5.86. The largest absolute Gasteiger partial charge is 0.399 e. The highest BCUT2D eigenvalue weighted by atomic mass is 35.5. The Kier molecular flexibility index (Phi) is 2.27. The number of nitrogen functional groups attached to an aromatic ring is 1. The van der Waals surface area contributed by atoms with Crippen molar-refractivity contribution in [2.45, 2.75) is 4.90 Å². The number of benzene rings is 1. The first kappa shape index (κ1) is 9.31. The van der Waals surface area contributed by atoms with Gasteiger partial charge in [-0.3, -0.25) is 4.55 Å². The van der Waals surface area contributed by atoms with Crippen LogP contribution >= 0.6 is 11.6 Å². The van der Waals surface area contributed by atoms with Gasteiger partial charge in [-0.25, -0.2) is 0 Å². The SMILES string of the molecule is Nc1cc(Cl)cc(S(=O)(=O)O)c1. The smallest absolute Gasteiger partial charge is 0.294 e. The van der Waals surface area contributed by atoms with Gasteiger partial charge in [-0.05, 0) is 18.2 Å². The number of hydrogen-bond acceptors (Lipinski definition) is 3. The fourth-order valence-corrected chi connectivity index (χ4v) is 1.60. The Bertz CT molecular complexity index is 381. The molecule has 1 rings (SSSR count). The molecule has 0 aromatic heterocycles. The van der Waals surface area contributed by atoms with E-state index in [4.69, 9.17) is 21.9 Å². The zero-order chi connectivity index (χ0) is 9.35. The summed E-state index contributed by atoms with van der Waals surface area (Å²) in [6, 6.07) is 3.63. The van der Waals surface area contributed by atoms with Crippen LogP contribution in [0.15, 0.2) is 23.1 Å². The highest BCUT2D eigenvalue weighted by molar-refractivity contribution is 7.85. The summed E-state index contributed by atoms with van der Waals surface area (Å²) in [4.78, 5) is -0.299. The summed E-state index contributed by atoms with van der Waals surface area (Å²) in [6.45, 7) is 0. The van der Waals surface area contributed by atoms with Crippen molar-refractivity contribution in [1.29, 1.82) is 0 Å². The van der Waals surface area contributed by atoms with E-state index in [1.54, 1.807) is 0 Å². The van der Waals surface area contributed by atoms with Gasteiger partial charge in [-0.2, -0.15) is 8.42 Å². The van der Waals surface area contributed by atoms with Crippen molar-refractivity contribution < 1.29 is 13.0 Å². The Balaban J connectivity index is 3.37. The molecule has 0 spiro atoms. The Hall–Kier alpha value is -0.780. The maximum absolute atomic E-state index is 10.6. The molecule has 0 unspecified atom stereocenters. The number of rotatable bonds is 1. The fourth-order valence-electron chi connectivity index (χ4n) is 0.733. The molecule has 0 fully saturated rings. The zero-order valence-corrected chi connectivity index (χ0v) is 7.43. The lowest BCUT2D eigenvalue weighted by Crippen LogP contribution is -1.99. The van der Waals surface area contributed by atoms with Crippen LogP contribution in [0.2, 0.25) is 5.02 Å². The second-order valence-corrected chi connectivity index (χ2v) is 4.05. The molecule has 0 amide bonds. The van der Waals surface area contributed by atoms with E-state index in [2.05, 4.69) is 0 Å². The van der Waals surface area contributed by atoms with Crippen LogP contribution < -0.4 is 5.73 Å². The molecule has 4 nitrogen and oxygen atoms in total. The van der Waals surface area contributed by atoms with Gasteiger partial charge in [-0.1, -0.05) is 11.6 Å². The van der Waals surface area contributed by atoms with Crippen molar-refractivity contribution >= 4 is 27.4 Å². The molecule has 0 aliphatic carbocycles. The van der Waals surface area contributed by atoms with Gasteiger partial charge in [0.15, 0.2) is 0 Å². The van der Waals surface area contributed by atoms with Crippen LogP contribution in [0.4, 0.5) is 5.69 Å². The van der Waals surface area contributed by atoms with Crippen molar-refractivity contribution in [2.75, 3.05) is 5.73 Å². The van der Waals surface area contributed by atoms with Gasteiger partial charge in [0.05, 0.1) is 4.90 Å². The van der Waals surface area contributed by atoms with Crippen LogP contribution in [0, 0.1) is 0 Å². The van der Waals surface area contributed by atoms with Crippen molar-refractivity contribution in [3.05, 3.63) is 23.2 Å². The maximum Gasteiger partial charge on any atom is 0.294 e. The first-order valence-corrected chi connectivity index (χ1v) is 4.75. The Morgan fingerprint density at radius 2 is 1.92 bits per heavy atom. The van der Waals surface area contributed by atoms with Crippen molar-refractivity contribution in [3.63, 3.8) is 0 Å². The molecule has 0 bridgehead atoms. The van der Waals surface area contributed by atoms with Gasteiger partial charge in [-0.15, -0.1) is 0 Å². The molecule has 0 saturated heterocycles. The monoisotopic (exact) mass is 207 g/mol. The number of nitrogens with two attached hydrogens (primary N) is 1. The summed E-state index contributed by atoms with van der Waals surface area (Å²) < 4.78 is 29.8. The lowest BCUT2D eigenvalue weighted by Gasteiger charge is -1.99. The summed E-state index contributed by atoms with van der Waals surface area (Å²) in [5.41, 5.74) is 5.49. The number of hydrogen-bond donors (Lipinski definition) is 2. The summed E-state index contributed by atoms with van der Waals surface area (Å²) in [7, 11) is -4.21. The predicted molar refractivity (Wildman–Crippen MR) is 45.7 cm³/mol. The summed E-state index contributed by atoms with van der Waals surface area (Å²) in [5.74, 6) is 0. The normalized spacial score (nSPS) is 11.5. The van der Waals surface area contributed by atoms with Crippen LogP contribution in [0.5, 0.6) is 0 Å². The van der Waals surface area contributed by atoms with Crippen LogP contribution in [-0.2, 0) is 10.1 Å². The second kappa shape index (κ2) is 2.93. The van der Waals surface area contributed by atoms with Crippen LogP contribution in [0.25, 0.3) is 0 Å². The van der Waals surface area contributed by atoms with Gasteiger partial charge in [0, 0.05) is 10.7 Å². The van der Waals surface area contributed by atoms with E-state index in [9.17, 15) is 8.42 Å². The molecule has 0 aliphatic rings. The minimum Gasteiger partial charge on any atom is -0.399 e. The highest BCUT2D eigenvalue weighted by Gasteiger charge is 2.10. The molecule has 0 atom stereocenters. The molecular formula is C6H6ClNO3S. The number of halogens is 1. The van der Waals surface area contributed by atoms with E-state index in [0.29, 0.717) is 0 Å². The average molecular weight is 208 g/mol. The van der Waals surface area contributed by atoms with Crippen LogP contribution in [-0.4, -0.2) is 13.0 Å². The molecule has 0 radical (unpaired) electrons. The maximum atomic E-state index is 10.6. The lowest BCUT2D eigenvalue weighted by molar-refractivity contribution is 0.483. The van der Waals surface area contributed by atoms with E-state index in [1.165, 1.54) is 6.07 Å².